The number of carbonyl (C=O) groups excluding carboxylic acids is 2. The number of aldehydes is 1. The zero-order valence-corrected chi connectivity index (χ0v) is 27.4. The predicted octanol–water partition coefficient (Wildman–Crippen LogP) is 5.44. The number of aromatic nitrogens is 2. The standard InChI is InChI=1S/C29H32N4O5S2.Na/c1-5-30-29(35)40(36,37)32-28-24(16-23(39-28)15-19(2)3)21-13-11-20(12-14-21)17-33-25(18-34)27(38-4)31-26(33)22-9-7-6-8-10-22;/h6-14,16,18-19,32H,5,15,17H2,1-4H3,(H,30,35);. The molecule has 4 aromatic rings. The molecule has 0 fully saturated rings. The molecule has 2 heterocycles. The monoisotopic (exact) mass is 603 g/mol. The van der Waals surface area contributed by atoms with Gasteiger partial charge in [-0.2, -0.15) is 13.4 Å². The van der Waals surface area contributed by atoms with Gasteiger partial charge in [-0.25, -0.2) is 0 Å². The van der Waals surface area contributed by atoms with E-state index in [9.17, 15) is 18.0 Å². The summed E-state index contributed by atoms with van der Waals surface area (Å²) in [5.74, 6) is 1.24. The van der Waals surface area contributed by atoms with Crippen LogP contribution in [-0.2, 0) is 23.0 Å². The Balaban J connectivity index is 0.00000462. The Morgan fingerprint density at radius 1 is 1.10 bits per heavy atom. The van der Waals surface area contributed by atoms with Crippen molar-refractivity contribution >= 4 is 67.4 Å². The van der Waals surface area contributed by atoms with Crippen molar-refractivity contribution in [2.75, 3.05) is 18.4 Å². The van der Waals surface area contributed by atoms with E-state index in [-0.39, 0.29) is 42.0 Å². The summed E-state index contributed by atoms with van der Waals surface area (Å²) in [6.07, 6.45) is 1.51. The summed E-state index contributed by atoms with van der Waals surface area (Å²) in [5, 5.41) is 1.67. The Hall–Kier alpha value is -2.96. The summed E-state index contributed by atoms with van der Waals surface area (Å²) in [4.78, 5) is 29.7. The second-order valence-corrected chi connectivity index (χ2v) is 12.3. The SMILES string of the molecule is CCNC(=O)S(=O)(=O)Nc1sc(CC(C)C)cc1-c1ccc(Cn2c(-c3ccccc3)nc(OC)c2C=O)cc1.[Na]. The zero-order valence-electron chi connectivity index (χ0n) is 23.8. The number of hydrogen-bond acceptors (Lipinski definition) is 7. The van der Waals surface area contributed by atoms with Gasteiger partial charge in [0.05, 0.1) is 7.11 Å². The third-order valence-electron chi connectivity index (χ3n) is 6.10. The average Bonchev–Trinajstić information content (AvgIpc) is 3.49. The van der Waals surface area contributed by atoms with Crippen molar-refractivity contribution in [3.63, 3.8) is 0 Å². The number of thiophene rings is 1. The maximum Gasteiger partial charge on any atom is 0.357 e. The van der Waals surface area contributed by atoms with Gasteiger partial charge in [0.1, 0.15) is 16.5 Å². The number of imidazole rings is 1. The number of benzene rings is 2. The molecule has 0 aliphatic rings. The summed E-state index contributed by atoms with van der Waals surface area (Å²) in [6, 6.07) is 19.2. The van der Waals surface area contributed by atoms with Gasteiger partial charge in [0.2, 0.25) is 5.88 Å². The molecule has 211 valence electrons. The fourth-order valence-electron chi connectivity index (χ4n) is 4.29. The molecule has 0 saturated carbocycles. The molecule has 2 N–H and O–H groups in total. The number of nitrogens with one attached hydrogen (secondary N) is 2. The van der Waals surface area contributed by atoms with Gasteiger partial charge in [0.25, 0.3) is 0 Å². The van der Waals surface area contributed by atoms with Crippen LogP contribution in [0.1, 0.15) is 41.7 Å². The van der Waals surface area contributed by atoms with Crippen LogP contribution in [0.25, 0.3) is 22.5 Å². The van der Waals surface area contributed by atoms with Gasteiger partial charge in [0, 0.05) is 58.7 Å². The number of ether oxygens (including phenoxy) is 1. The van der Waals surface area contributed by atoms with E-state index in [1.54, 1.807) is 6.92 Å². The van der Waals surface area contributed by atoms with Gasteiger partial charge >= 0.3 is 15.3 Å². The van der Waals surface area contributed by atoms with Crippen molar-refractivity contribution < 1.29 is 22.7 Å². The number of rotatable bonds is 11. The van der Waals surface area contributed by atoms with Crippen LogP contribution in [0.5, 0.6) is 5.88 Å². The Bertz CT molecular complexity index is 1600. The first-order chi connectivity index (χ1) is 19.2. The number of nitrogens with zero attached hydrogens (tertiary/aromatic N) is 2. The number of anilines is 1. The van der Waals surface area contributed by atoms with Gasteiger partial charge in [-0.05, 0) is 36.5 Å². The van der Waals surface area contributed by atoms with Crippen LogP contribution in [0.2, 0.25) is 0 Å². The van der Waals surface area contributed by atoms with Crippen LogP contribution in [0, 0.1) is 5.92 Å². The maximum atomic E-state index is 12.6. The van der Waals surface area contributed by atoms with E-state index in [1.165, 1.54) is 18.4 Å². The van der Waals surface area contributed by atoms with Crippen molar-refractivity contribution in [3.05, 3.63) is 76.8 Å². The van der Waals surface area contributed by atoms with Gasteiger partial charge in [-0.15, -0.1) is 11.3 Å². The fraction of sp³-hybridized carbons (Fsp3) is 0.276. The quantitative estimate of drug-likeness (QED) is 0.174. The van der Waals surface area contributed by atoms with Crippen molar-refractivity contribution in [1.82, 2.24) is 14.9 Å². The molecule has 0 aliphatic heterocycles. The van der Waals surface area contributed by atoms with E-state index in [0.29, 0.717) is 34.5 Å². The largest absolute Gasteiger partial charge is 0.479 e. The van der Waals surface area contributed by atoms with E-state index in [2.05, 4.69) is 28.9 Å². The van der Waals surface area contributed by atoms with Crippen LogP contribution < -0.4 is 14.8 Å². The molecule has 1 radical (unpaired) electrons. The summed E-state index contributed by atoms with van der Waals surface area (Å²) in [5.41, 5.74) is 3.59. The van der Waals surface area contributed by atoms with Gasteiger partial charge in [0.15, 0.2) is 6.29 Å². The van der Waals surface area contributed by atoms with Gasteiger partial charge in [-0.3, -0.25) is 14.3 Å². The molecule has 0 bridgehead atoms. The number of hydrogen-bond donors (Lipinski definition) is 2. The van der Waals surface area contributed by atoms with E-state index in [1.807, 2.05) is 65.2 Å². The minimum Gasteiger partial charge on any atom is -0.479 e. The Morgan fingerprint density at radius 3 is 2.37 bits per heavy atom. The first-order valence-electron chi connectivity index (χ1n) is 12.8. The summed E-state index contributed by atoms with van der Waals surface area (Å²) >= 11 is 1.33. The Kier molecular flexibility index (Phi) is 11.3. The molecule has 0 spiro atoms. The molecule has 2 aromatic heterocycles. The smallest absolute Gasteiger partial charge is 0.357 e. The molecule has 9 nitrogen and oxygen atoms in total. The molecular weight excluding hydrogens is 571 g/mol. The van der Waals surface area contributed by atoms with Crippen LogP contribution >= 0.6 is 11.3 Å². The average molecular weight is 604 g/mol. The van der Waals surface area contributed by atoms with Crippen LogP contribution in [-0.4, -0.2) is 72.7 Å². The van der Waals surface area contributed by atoms with Crippen molar-refractivity contribution in [2.24, 2.45) is 5.92 Å². The normalized spacial score (nSPS) is 11.1. The summed E-state index contributed by atoms with van der Waals surface area (Å²) in [6.45, 7) is 6.42. The molecule has 12 heteroatoms. The molecule has 4 rings (SSSR count). The third-order valence-corrected chi connectivity index (χ3v) is 8.41. The molecule has 0 aliphatic carbocycles. The third kappa shape index (κ3) is 7.66. The second-order valence-electron chi connectivity index (χ2n) is 9.57. The maximum absolute atomic E-state index is 12.6. The van der Waals surface area contributed by atoms with Crippen molar-refractivity contribution in [2.45, 2.75) is 33.7 Å². The summed E-state index contributed by atoms with van der Waals surface area (Å²) < 4.78 is 34.9. The first-order valence-corrected chi connectivity index (χ1v) is 15.1. The van der Waals surface area contributed by atoms with Crippen LogP contribution in [0.15, 0.2) is 60.7 Å². The van der Waals surface area contributed by atoms with E-state index < -0.39 is 15.3 Å². The predicted molar refractivity (Wildman–Crippen MR) is 164 cm³/mol. The minimum absolute atomic E-state index is 0. The van der Waals surface area contributed by atoms with E-state index >= 15 is 0 Å². The fourth-order valence-corrected chi connectivity index (χ4v) is 6.71. The van der Waals surface area contributed by atoms with Gasteiger partial charge in [-0.1, -0.05) is 68.4 Å². The first kappa shape index (κ1) is 32.6. The molecule has 0 atom stereocenters. The number of carbonyl (C=O) groups is 2. The van der Waals surface area contributed by atoms with Crippen molar-refractivity contribution in [3.8, 4) is 28.4 Å². The molecule has 0 unspecified atom stereocenters. The van der Waals surface area contributed by atoms with E-state index in [0.717, 1.165) is 34.3 Å². The molecule has 1 amide bonds. The zero-order chi connectivity index (χ0) is 28.9. The topological polar surface area (TPSA) is 119 Å². The molecule has 2 aromatic carbocycles. The molecular formula is C29H32N4NaO5S2. The van der Waals surface area contributed by atoms with E-state index in [4.69, 9.17) is 4.74 Å². The van der Waals surface area contributed by atoms with Crippen LogP contribution in [0.4, 0.5) is 9.80 Å². The molecule has 0 saturated heterocycles. The number of amides is 1. The Morgan fingerprint density at radius 2 is 1.78 bits per heavy atom. The number of sulfonamides is 1. The van der Waals surface area contributed by atoms with Crippen molar-refractivity contribution in [1.29, 1.82) is 0 Å². The Labute approximate surface area is 266 Å². The van der Waals surface area contributed by atoms with Crippen LogP contribution in [0.3, 0.4) is 0 Å². The molecule has 41 heavy (non-hydrogen) atoms. The summed E-state index contributed by atoms with van der Waals surface area (Å²) in [7, 11) is -2.77. The minimum atomic E-state index is -4.25. The second kappa shape index (κ2) is 14.3. The van der Waals surface area contributed by atoms with Gasteiger partial charge < -0.3 is 14.6 Å². The number of methoxy groups -OCH3 is 1.